The highest BCUT2D eigenvalue weighted by Gasteiger charge is 2.24. The van der Waals surface area contributed by atoms with Gasteiger partial charge >= 0.3 is 0 Å². The molecule has 0 saturated carbocycles. The van der Waals surface area contributed by atoms with Crippen LogP contribution in [-0.4, -0.2) is 18.5 Å². The summed E-state index contributed by atoms with van der Waals surface area (Å²) in [5, 5.41) is 6.26. The van der Waals surface area contributed by atoms with Crippen LogP contribution in [0.5, 0.6) is 0 Å². The molecular formula is C13H16BrIN2O. The van der Waals surface area contributed by atoms with E-state index in [-0.39, 0.29) is 11.9 Å². The maximum atomic E-state index is 12.2. The molecule has 1 aromatic rings. The molecule has 1 aromatic carbocycles. The maximum Gasteiger partial charge on any atom is 0.241 e. The number of benzene rings is 1. The van der Waals surface area contributed by atoms with Crippen molar-refractivity contribution < 1.29 is 4.79 Å². The van der Waals surface area contributed by atoms with Gasteiger partial charge in [0.05, 0.1) is 11.7 Å². The number of piperidine rings is 1. The Labute approximate surface area is 129 Å². The highest BCUT2D eigenvalue weighted by atomic mass is 127. The van der Waals surface area contributed by atoms with Crippen molar-refractivity contribution in [3.8, 4) is 0 Å². The SMILES string of the molecule is CC1CCNC(C(=O)Nc2cc(I)ccc2Br)C1. The third-order valence-corrected chi connectivity index (χ3v) is 4.53. The first kappa shape index (κ1) is 14.3. The van der Waals surface area contributed by atoms with E-state index in [4.69, 9.17) is 0 Å². The summed E-state index contributed by atoms with van der Waals surface area (Å²) < 4.78 is 2.02. The summed E-state index contributed by atoms with van der Waals surface area (Å²) in [7, 11) is 0. The molecule has 1 amide bonds. The second-order valence-corrected chi connectivity index (χ2v) is 6.85. The van der Waals surface area contributed by atoms with Gasteiger partial charge in [-0.1, -0.05) is 6.92 Å². The smallest absolute Gasteiger partial charge is 0.241 e. The van der Waals surface area contributed by atoms with E-state index in [9.17, 15) is 4.79 Å². The third-order valence-electron chi connectivity index (χ3n) is 3.17. The number of hydrogen-bond acceptors (Lipinski definition) is 2. The average Bonchev–Trinajstić information content (AvgIpc) is 2.34. The molecule has 0 aromatic heterocycles. The molecule has 2 unspecified atom stereocenters. The summed E-state index contributed by atoms with van der Waals surface area (Å²) in [5.41, 5.74) is 0.840. The van der Waals surface area contributed by atoms with Crippen LogP contribution < -0.4 is 10.6 Å². The largest absolute Gasteiger partial charge is 0.324 e. The Morgan fingerprint density at radius 2 is 2.33 bits per heavy atom. The number of rotatable bonds is 2. The van der Waals surface area contributed by atoms with E-state index >= 15 is 0 Å². The van der Waals surface area contributed by atoms with E-state index < -0.39 is 0 Å². The van der Waals surface area contributed by atoms with Gasteiger partial charge in [0, 0.05) is 8.04 Å². The van der Waals surface area contributed by atoms with Gasteiger partial charge in [-0.2, -0.15) is 0 Å². The maximum absolute atomic E-state index is 12.2. The molecule has 0 bridgehead atoms. The summed E-state index contributed by atoms with van der Waals surface area (Å²) in [6, 6.07) is 5.85. The van der Waals surface area contributed by atoms with Crippen molar-refractivity contribution in [2.75, 3.05) is 11.9 Å². The van der Waals surface area contributed by atoms with Crippen LogP contribution in [0.3, 0.4) is 0 Å². The number of nitrogens with one attached hydrogen (secondary N) is 2. The van der Waals surface area contributed by atoms with Crippen molar-refractivity contribution in [2.24, 2.45) is 5.92 Å². The van der Waals surface area contributed by atoms with Gasteiger partial charge < -0.3 is 10.6 Å². The first-order valence-corrected chi connectivity index (χ1v) is 7.92. The summed E-state index contributed by atoms with van der Waals surface area (Å²) in [4.78, 5) is 12.2. The van der Waals surface area contributed by atoms with E-state index in [1.165, 1.54) is 0 Å². The number of hydrogen-bond donors (Lipinski definition) is 2. The molecule has 1 aliphatic rings. The molecule has 0 aliphatic carbocycles. The Hall–Kier alpha value is -0.140. The van der Waals surface area contributed by atoms with E-state index in [1.807, 2.05) is 18.2 Å². The molecular weight excluding hydrogens is 407 g/mol. The highest BCUT2D eigenvalue weighted by Crippen LogP contribution is 2.25. The predicted molar refractivity (Wildman–Crippen MR) is 85.7 cm³/mol. The molecule has 18 heavy (non-hydrogen) atoms. The Bertz CT molecular complexity index is 453. The minimum Gasteiger partial charge on any atom is -0.324 e. The van der Waals surface area contributed by atoms with Crippen LogP contribution in [0.2, 0.25) is 0 Å². The fraction of sp³-hybridized carbons (Fsp3) is 0.462. The molecule has 98 valence electrons. The van der Waals surface area contributed by atoms with Crippen molar-refractivity contribution in [2.45, 2.75) is 25.8 Å². The Kier molecular flexibility index (Phi) is 5.03. The zero-order chi connectivity index (χ0) is 13.1. The van der Waals surface area contributed by atoms with Crippen molar-refractivity contribution in [1.29, 1.82) is 0 Å². The molecule has 1 heterocycles. The zero-order valence-electron chi connectivity index (χ0n) is 10.2. The normalized spacial score (nSPS) is 23.7. The Morgan fingerprint density at radius 3 is 3.06 bits per heavy atom. The minimum absolute atomic E-state index is 0.0595. The number of halogens is 2. The lowest BCUT2D eigenvalue weighted by atomic mass is 9.94. The van der Waals surface area contributed by atoms with Crippen LogP contribution in [-0.2, 0) is 4.79 Å². The standard InChI is InChI=1S/C13H16BrIN2O/c1-8-4-5-16-12(6-8)13(18)17-11-7-9(15)2-3-10(11)14/h2-3,7-8,12,16H,4-6H2,1H3,(H,17,18). The van der Waals surface area contributed by atoms with Crippen molar-refractivity contribution in [3.63, 3.8) is 0 Å². The molecule has 1 saturated heterocycles. The van der Waals surface area contributed by atoms with E-state index in [0.717, 1.165) is 33.1 Å². The molecule has 0 spiro atoms. The van der Waals surface area contributed by atoms with Crippen molar-refractivity contribution in [3.05, 3.63) is 26.2 Å². The number of amides is 1. The van der Waals surface area contributed by atoms with E-state index in [1.54, 1.807) is 0 Å². The van der Waals surface area contributed by atoms with Crippen LogP contribution in [0.15, 0.2) is 22.7 Å². The first-order chi connectivity index (χ1) is 8.56. The number of carbonyl (C=O) groups is 1. The molecule has 1 fully saturated rings. The molecule has 1 aliphatic heterocycles. The van der Waals surface area contributed by atoms with Crippen molar-refractivity contribution >= 4 is 50.1 Å². The molecule has 2 N–H and O–H groups in total. The molecule has 2 atom stereocenters. The van der Waals surface area contributed by atoms with Crippen LogP contribution in [0, 0.1) is 9.49 Å². The number of carbonyl (C=O) groups excluding carboxylic acids is 1. The second-order valence-electron chi connectivity index (χ2n) is 4.75. The number of anilines is 1. The highest BCUT2D eigenvalue weighted by molar-refractivity contribution is 14.1. The lowest BCUT2D eigenvalue weighted by Gasteiger charge is -2.27. The lowest BCUT2D eigenvalue weighted by molar-refractivity contribution is -0.119. The minimum atomic E-state index is -0.0708. The predicted octanol–water partition coefficient (Wildman–Crippen LogP) is 3.38. The van der Waals surface area contributed by atoms with Gasteiger partial charge in [-0.05, 0) is 82.0 Å². The summed E-state index contributed by atoms with van der Waals surface area (Å²) in [6.07, 6.45) is 2.06. The fourth-order valence-corrected chi connectivity index (χ4v) is 2.96. The van der Waals surface area contributed by atoms with Gasteiger partial charge in [-0.3, -0.25) is 4.79 Å². The van der Waals surface area contributed by atoms with Gasteiger partial charge in [0.25, 0.3) is 0 Å². The van der Waals surface area contributed by atoms with Gasteiger partial charge in [0.2, 0.25) is 5.91 Å². The fourth-order valence-electron chi connectivity index (χ4n) is 2.12. The Balaban J connectivity index is 2.04. The molecule has 0 radical (unpaired) electrons. The van der Waals surface area contributed by atoms with Crippen LogP contribution in [0.1, 0.15) is 19.8 Å². The van der Waals surface area contributed by atoms with Gasteiger partial charge in [0.1, 0.15) is 0 Å². The van der Waals surface area contributed by atoms with Crippen LogP contribution in [0.4, 0.5) is 5.69 Å². The third kappa shape index (κ3) is 3.68. The summed E-state index contributed by atoms with van der Waals surface area (Å²) in [5.74, 6) is 0.672. The van der Waals surface area contributed by atoms with E-state index in [2.05, 4.69) is 56.1 Å². The van der Waals surface area contributed by atoms with E-state index in [0.29, 0.717) is 5.92 Å². The van der Waals surface area contributed by atoms with Crippen LogP contribution in [0.25, 0.3) is 0 Å². The topological polar surface area (TPSA) is 41.1 Å². The van der Waals surface area contributed by atoms with Gasteiger partial charge in [-0.25, -0.2) is 0 Å². The van der Waals surface area contributed by atoms with Gasteiger partial charge in [0.15, 0.2) is 0 Å². The van der Waals surface area contributed by atoms with Gasteiger partial charge in [-0.15, -0.1) is 0 Å². The summed E-state index contributed by atoms with van der Waals surface area (Å²) >= 11 is 5.70. The zero-order valence-corrected chi connectivity index (χ0v) is 13.9. The molecule has 3 nitrogen and oxygen atoms in total. The molecule has 5 heteroatoms. The Morgan fingerprint density at radius 1 is 1.56 bits per heavy atom. The quantitative estimate of drug-likeness (QED) is 0.717. The second kappa shape index (κ2) is 6.34. The summed E-state index contributed by atoms with van der Waals surface area (Å²) in [6.45, 7) is 3.12. The van der Waals surface area contributed by atoms with Crippen molar-refractivity contribution in [1.82, 2.24) is 5.32 Å². The average molecular weight is 423 g/mol. The lowest BCUT2D eigenvalue weighted by Crippen LogP contribution is -2.45. The molecule has 2 rings (SSSR count). The first-order valence-electron chi connectivity index (χ1n) is 6.05. The monoisotopic (exact) mass is 422 g/mol. The van der Waals surface area contributed by atoms with Crippen LogP contribution >= 0.6 is 38.5 Å².